The molecule has 3 heterocycles. The van der Waals surface area contributed by atoms with Gasteiger partial charge in [-0.2, -0.15) is 5.10 Å². The number of nitrogens with zero attached hydrogens (tertiary/aromatic N) is 4. The number of hydrogen-bond acceptors (Lipinski definition) is 5. The Labute approximate surface area is 194 Å². The maximum absolute atomic E-state index is 13.6. The summed E-state index contributed by atoms with van der Waals surface area (Å²) in [4.78, 5) is 33.3. The molecule has 4 aromatic rings. The molecule has 1 aliphatic rings. The van der Waals surface area contributed by atoms with E-state index in [4.69, 9.17) is 0 Å². The van der Waals surface area contributed by atoms with E-state index in [-0.39, 0.29) is 11.5 Å². The minimum Gasteiger partial charge on any atom is -0.389 e. The molecule has 0 spiro atoms. The van der Waals surface area contributed by atoms with Gasteiger partial charge in [-0.3, -0.25) is 9.59 Å². The zero-order valence-electron chi connectivity index (χ0n) is 18.7. The SMILES string of the molecule is Cc1ccc(F)cc1C(=O)N1CCC(O)(Cc2cccc(-n3ncc4c(=O)[nH]cnc43)c2)CC1. The molecule has 1 aliphatic heterocycles. The number of amides is 1. The van der Waals surface area contributed by atoms with E-state index >= 15 is 0 Å². The molecule has 0 aliphatic carbocycles. The number of aliphatic hydroxyl groups is 1. The molecule has 2 aromatic heterocycles. The third-order valence-electron chi connectivity index (χ3n) is 6.47. The number of aromatic nitrogens is 4. The van der Waals surface area contributed by atoms with Crippen LogP contribution in [0.25, 0.3) is 16.7 Å². The third kappa shape index (κ3) is 4.10. The maximum Gasteiger partial charge on any atom is 0.261 e. The van der Waals surface area contributed by atoms with Crippen molar-refractivity contribution < 1.29 is 14.3 Å². The number of aryl methyl sites for hydroxylation is 1. The van der Waals surface area contributed by atoms with E-state index < -0.39 is 11.4 Å². The molecular formula is C25H24FN5O3. The quantitative estimate of drug-likeness (QED) is 0.486. The van der Waals surface area contributed by atoms with Crippen LogP contribution in [0, 0.1) is 12.7 Å². The van der Waals surface area contributed by atoms with Crippen LogP contribution >= 0.6 is 0 Å². The standard InChI is InChI=1S/C25H24FN5O3/c1-16-5-6-18(26)12-20(16)24(33)30-9-7-25(34,8-10-30)13-17-3-2-4-19(11-17)31-22-21(14-29-31)23(32)28-15-27-22/h2-6,11-12,14-15,34H,7-10,13H2,1H3,(H,27,28,32). The average molecular weight is 461 g/mol. The van der Waals surface area contributed by atoms with Gasteiger partial charge in [0.15, 0.2) is 5.65 Å². The van der Waals surface area contributed by atoms with Crippen molar-refractivity contribution in [2.75, 3.05) is 13.1 Å². The summed E-state index contributed by atoms with van der Waals surface area (Å²) in [7, 11) is 0. The minimum absolute atomic E-state index is 0.214. The van der Waals surface area contributed by atoms with Crippen LogP contribution in [0.1, 0.15) is 34.3 Å². The lowest BCUT2D eigenvalue weighted by Gasteiger charge is -2.38. The fourth-order valence-electron chi connectivity index (χ4n) is 4.52. The van der Waals surface area contributed by atoms with Gasteiger partial charge in [-0.1, -0.05) is 18.2 Å². The first kappa shape index (κ1) is 22.0. The molecule has 0 bridgehead atoms. The van der Waals surface area contributed by atoms with Gasteiger partial charge in [0.1, 0.15) is 11.2 Å². The number of hydrogen-bond donors (Lipinski definition) is 2. The summed E-state index contributed by atoms with van der Waals surface area (Å²) in [6.07, 6.45) is 4.07. The van der Waals surface area contributed by atoms with Crippen molar-refractivity contribution in [1.29, 1.82) is 0 Å². The van der Waals surface area contributed by atoms with Gasteiger partial charge >= 0.3 is 0 Å². The highest BCUT2D eigenvalue weighted by atomic mass is 19.1. The van der Waals surface area contributed by atoms with Gasteiger partial charge in [-0.15, -0.1) is 0 Å². The first-order valence-corrected chi connectivity index (χ1v) is 11.1. The van der Waals surface area contributed by atoms with Crippen molar-refractivity contribution in [3.63, 3.8) is 0 Å². The van der Waals surface area contributed by atoms with Crippen LogP contribution in [-0.2, 0) is 6.42 Å². The first-order valence-electron chi connectivity index (χ1n) is 11.1. The monoisotopic (exact) mass is 461 g/mol. The van der Waals surface area contributed by atoms with Gasteiger partial charge in [0.25, 0.3) is 11.5 Å². The van der Waals surface area contributed by atoms with Crippen molar-refractivity contribution in [3.05, 3.63) is 87.9 Å². The second kappa shape index (κ2) is 8.49. The highest BCUT2D eigenvalue weighted by molar-refractivity contribution is 5.95. The molecule has 1 saturated heterocycles. The highest BCUT2D eigenvalue weighted by Gasteiger charge is 2.34. The predicted molar refractivity (Wildman–Crippen MR) is 124 cm³/mol. The molecule has 9 heteroatoms. The normalized spacial score (nSPS) is 15.6. The van der Waals surface area contributed by atoms with Gasteiger partial charge in [-0.25, -0.2) is 14.1 Å². The van der Waals surface area contributed by atoms with E-state index in [2.05, 4.69) is 15.1 Å². The number of fused-ring (bicyclic) bond motifs is 1. The Morgan fingerprint density at radius 1 is 1.21 bits per heavy atom. The molecule has 8 nitrogen and oxygen atoms in total. The molecule has 2 N–H and O–H groups in total. The van der Waals surface area contributed by atoms with Crippen LogP contribution in [-0.4, -0.2) is 54.4 Å². The first-order chi connectivity index (χ1) is 16.3. The number of likely N-dealkylation sites (tertiary alicyclic amines) is 1. The number of rotatable bonds is 4. The maximum atomic E-state index is 13.6. The van der Waals surface area contributed by atoms with Gasteiger partial charge in [0.2, 0.25) is 0 Å². The fourth-order valence-corrected chi connectivity index (χ4v) is 4.52. The summed E-state index contributed by atoms with van der Waals surface area (Å²) in [6.45, 7) is 2.57. The van der Waals surface area contributed by atoms with E-state index in [9.17, 15) is 19.1 Å². The summed E-state index contributed by atoms with van der Waals surface area (Å²) in [5.74, 6) is -0.652. The second-order valence-electron chi connectivity index (χ2n) is 8.85. The summed E-state index contributed by atoms with van der Waals surface area (Å²) in [5, 5.41) is 15.9. The highest BCUT2D eigenvalue weighted by Crippen LogP contribution is 2.28. The Kier molecular flexibility index (Phi) is 5.49. The molecule has 0 saturated carbocycles. The molecule has 0 radical (unpaired) electrons. The van der Waals surface area contributed by atoms with Crippen molar-refractivity contribution in [2.24, 2.45) is 0 Å². The number of benzene rings is 2. The van der Waals surface area contributed by atoms with E-state index in [0.717, 1.165) is 16.8 Å². The van der Waals surface area contributed by atoms with Gasteiger partial charge in [-0.05, 0) is 55.2 Å². The Morgan fingerprint density at radius 3 is 2.79 bits per heavy atom. The predicted octanol–water partition coefficient (Wildman–Crippen LogP) is 2.77. The van der Waals surface area contributed by atoms with Crippen molar-refractivity contribution in [1.82, 2.24) is 24.6 Å². The lowest BCUT2D eigenvalue weighted by molar-refractivity contribution is -0.0162. The van der Waals surface area contributed by atoms with Crippen molar-refractivity contribution >= 4 is 16.9 Å². The number of H-pyrrole nitrogens is 1. The number of carbonyl (C=O) groups excluding carboxylic acids is 1. The largest absolute Gasteiger partial charge is 0.389 e. The zero-order valence-corrected chi connectivity index (χ0v) is 18.7. The van der Waals surface area contributed by atoms with Crippen LogP contribution in [0.4, 0.5) is 4.39 Å². The number of aromatic amines is 1. The van der Waals surface area contributed by atoms with E-state index in [1.165, 1.54) is 24.7 Å². The third-order valence-corrected chi connectivity index (χ3v) is 6.47. The summed E-state index contributed by atoms with van der Waals surface area (Å²) >= 11 is 0. The van der Waals surface area contributed by atoms with Crippen LogP contribution in [0.3, 0.4) is 0 Å². The Hall–Kier alpha value is -3.85. The van der Waals surface area contributed by atoms with Crippen molar-refractivity contribution in [3.8, 4) is 5.69 Å². The number of nitrogens with one attached hydrogen (secondary N) is 1. The molecule has 0 unspecified atom stereocenters. The molecule has 174 valence electrons. The summed E-state index contributed by atoms with van der Waals surface area (Å²) < 4.78 is 15.2. The van der Waals surface area contributed by atoms with E-state index in [0.29, 0.717) is 48.9 Å². The smallest absolute Gasteiger partial charge is 0.261 e. The number of carbonyl (C=O) groups is 1. The zero-order chi connectivity index (χ0) is 23.9. The van der Waals surface area contributed by atoms with Crippen LogP contribution in [0.5, 0.6) is 0 Å². The molecule has 2 aromatic carbocycles. The van der Waals surface area contributed by atoms with Crippen LogP contribution < -0.4 is 5.56 Å². The molecule has 5 rings (SSSR count). The molecule has 0 atom stereocenters. The van der Waals surface area contributed by atoms with Crippen molar-refractivity contribution in [2.45, 2.75) is 31.8 Å². The Bertz CT molecular complexity index is 1440. The second-order valence-corrected chi connectivity index (χ2v) is 8.85. The Morgan fingerprint density at radius 2 is 2.00 bits per heavy atom. The number of halogens is 1. The van der Waals surface area contributed by atoms with E-state index in [1.54, 1.807) is 22.6 Å². The lowest BCUT2D eigenvalue weighted by atomic mass is 9.85. The Balaban J connectivity index is 1.31. The summed E-state index contributed by atoms with van der Waals surface area (Å²) in [6, 6.07) is 11.8. The van der Waals surface area contributed by atoms with Crippen LogP contribution in [0.15, 0.2) is 59.8 Å². The molecule has 1 fully saturated rings. The summed E-state index contributed by atoms with van der Waals surface area (Å²) in [5.41, 5.74) is 1.98. The van der Waals surface area contributed by atoms with Gasteiger partial charge < -0.3 is 15.0 Å². The van der Waals surface area contributed by atoms with Crippen LogP contribution in [0.2, 0.25) is 0 Å². The molecule has 34 heavy (non-hydrogen) atoms. The lowest BCUT2D eigenvalue weighted by Crippen LogP contribution is -2.47. The average Bonchev–Trinajstić information content (AvgIpc) is 3.26. The topological polar surface area (TPSA) is 104 Å². The minimum atomic E-state index is -0.964. The molecule has 1 amide bonds. The molecular weight excluding hydrogens is 437 g/mol. The van der Waals surface area contributed by atoms with E-state index in [1.807, 2.05) is 24.3 Å². The fraction of sp³-hybridized carbons (Fsp3) is 0.280. The number of piperidine rings is 1. The van der Waals surface area contributed by atoms with Gasteiger partial charge in [0.05, 0.1) is 23.8 Å². The van der Waals surface area contributed by atoms with Gasteiger partial charge in [0, 0.05) is 25.1 Å².